The smallest absolute Gasteiger partial charge is 0.263 e. The number of nitriles is 1. The van der Waals surface area contributed by atoms with Crippen LogP contribution in [0.15, 0.2) is 21.5 Å². The van der Waals surface area contributed by atoms with Gasteiger partial charge in [0.15, 0.2) is 6.29 Å². The summed E-state index contributed by atoms with van der Waals surface area (Å²) in [4.78, 5) is 10.2. The van der Waals surface area contributed by atoms with Crippen molar-refractivity contribution in [1.29, 1.82) is 5.26 Å². The van der Waals surface area contributed by atoms with E-state index in [0.29, 0.717) is 6.29 Å². The number of hydrogen-bond donors (Lipinski definition) is 0. The van der Waals surface area contributed by atoms with E-state index in [1.807, 2.05) is 0 Å². The van der Waals surface area contributed by atoms with Gasteiger partial charge >= 0.3 is 0 Å². The zero-order valence-electron chi connectivity index (χ0n) is 7.07. The highest BCUT2D eigenvalue weighted by Gasteiger charge is 2.22. The molecular weight excluding hydrogens is 306 g/mol. The van der Waals surface area contributed by atoms with Crippen LogP contribution in [-0.2, 0) is 9.05 Å². The molecule has 4 nitrogen and oxygen atoms in total. The second-order valence-electron chi connectivity index (χ2n) is 2.51. The van der Waals surface area contributed by atoms with E-state index in [9.17, 15) is 13.2 Å². The summed E-state index contributed by atoms with van der Waals surface area (Å²) in [5.74, 6) is 0. The first-order valence-corrected chi connectivity index (χ1v) is 6.64. The van der Waals surface area contributed by atoms with Crippen LogP contribution >= 0.6 is 26.6 Å². The molecule has 1 aromatic rings. The Labute approximate surface area is 99.0 Å². The molecule has 0 aliphatic carbocycles. The molecule has 15 heavy (non-hydrogen) atoms. The quantitative estimate of drug-likeness (QED) is 0.619. The summed E-state index contributed by atoms with van der Waals surface area (Å²) in [6, 6.07) is 4.32. The number of nitrogens with zero attached hydrogens (tertiary/aromatic N) is 1. The van der Waals surface area contributed by atoms with Gasteiger partial charge < -0.3 is 0 Å². The average molecular weight is 309 g/mol. The summed E-state index contributed by atoms with van der Waals surface area (Å²) in [6.07, 6.45) is 0.399. The minimum absolute atomic E-state index is 0.0140. The maximum absolute atomic E-state index is 11.2. The number of rotatable bonds is 2. The highest BCUT2D eigenvalue weighted by Crippen LogP contribution is 2.30. The van der Waals surface area contributed by atoms with Crippen molar-refractivity contribution in [3.8, 4) is 6.07 Å². The topological polar surface area (TPSA) is 75.0 Å². The molecule has 0 aliphatic rings. The average Bonchev–Trinajstić information content (AvgIpc) is 2.15. The van der Waals surface area contributed by atoms with Crippen LogP contribution in [0, 0.1) is 11.3 Å². The first-order valence-electron chi connectivity index (χ1n) is 3.54. The van der Waals surface area contributed by atoms with Gasteiger partial charge in [0.1, 0.15) is 11.0 Å². The Morgan fingerprint density at radius 2 is 2.07 bits per heavy atom. The number of halogens is 2. The minimum atomic E-state index is -4.06. The summed E-state index contributed by atoms with van der Waals surface area (Å²) in [7, 11) is 1.09. The van der Waals surface area contributed by atoms with E-state index in [4.69, 9.17) is 15.9 Å². The van der Waals surface area contributed by atoms with Crippen LogP contribution < -0.4 is 0 Å². The monoisotopic (exact) mass is 307 g/mol. The SMILES string of the molecule is N#Cc1c(C=O)ccc(Br)c1S(=O)(=O)Cl. The van der Waals surface area contributed by atoms with Crippen LogP contribution in [-0.4, -0.2) is 14.7 Å². The number of benzene rings is 1. The van der Waals surface area contributed by atoms with Gasteiger partial charge in [0.2, 0.25) is 0 Å². The van der Waals surface area contributed by atoms with Gasteiger partial charge in [-0.3, -0.25) is 4.79 Å². The first kappa shape index (κ1) is 12.2. The van der Waals surface area contributed by atoms with Crippen molar-refractivity contribution in [2.24, 2.45) is 0 Å². The second kappa shape index (κ2) is 4.31. The fourth-order valence-corrected chi connectivity index (χ4v) is 3.46. The van der Waals surface area contributed by atoms with Crippen LogP contribution in [0.5, 0.6) is 0 Å². The number of carbonyl (C=O) groups excluding carboxylic acids is 1. The van der Waals surface area contributed by atoms with E-state index in [1.165, 1.54) is 12.1 Å². The Kier molecular flexibility index (Phi) is 3.50. The lowest BCUT2D eigenvalue weighted by molar-refractivity contribution is 0.112. The molecule has 78 valence electrons. The molecule has 0 N–H and O–H groups in total. The van der Waals surface area contributed by atoms with Gasteiger partial charge in [0, 0.05) is 20.7 Å². The van der Waals surface area contributed by atoms with Crippen molar-refractivity contribution in [3.05, 3.63) is 27.7 Å². The molecule has 0 bridgehead atoms. The molecule has 1 aromatic carbocycles. The van der Waals surface area contributed by atoms with E-state index in [0.717, 1.165) is 0 Å². The first-order chi connectivity index (χ1) is 6.91. The normalized spacial score (nSPS) is 10.7. The highest BCUT2D eigenvalue weighted by atomic mass is 79.9. The van der Waals surface area contributed by atoms with Crippen LogP contribution in [0.2, 0.25) is 0 Å². The highest BCUT2D eigenvalue weighted by molar-refractivity contribution is 9.10. The van der Waals surface area contributed by atoms with Crippen molar-refractivity contribution < 1.29 is 13.2 Å². The fourth-order valence-electron chi connectivity index (χ4n) is 1.02. The molecule has 0 radical (unpaired) electrons. The zero-order chi connectivity index (χ0) is 11.6. The minimum Gasteiger partial charge on any atom is -0.298 e. The maximum Gasteiger partial charge on any atom is 0.263 e. The molecular formula is C8H3BrClNO3S. The Bertz CT molecular complexity index is 562. The predicted molar refractivity (Wildman–Crippen MR) is 57.3 cm³/mol. The lowest BCUT2D eigenvalue weighted by atomic mass is 10.1. The molecule has 0 aliphatic heterocycles. The molecule has 0 amide bonds. The van der Waals surface area contributed by atoms with E-state index < -0.39 is 9.05 Å². The van der Waals surface area contributed by atoms with Crippen molar-refractivity contribution in [3.63, 3.8) is 0 Å². The lowest BCUT2D eigenvalue weighted by Crippen LogP contribution is -2.00. The third-order valence-electron chi connectivity index (χ3n) is 1.62. The predicted octanol–water partition coefficient (Wildman–Crippen LogP) is 2.06. The van der Waals surface area contributed by atoms with E-state index in [-0.39, 0.29) is 20.5 Å². The fraction of sp³-hybridized carbons (Fsp3) is 0. The second-order valence-corrected chi connectivity index (χ2v) is 5.87. The standard InChI is InChI=1S/C8H3BrClNO3S/c9-7-2-1-5(4-12)6(3-11)8(7)15(10,13)14/h1-2,4H. The summed E-state index contributed by atoms with van der Waals surface area (Å²) in [5, 5.41) is 8.77. The summed E-state index contributed by atoms with van der Waals surface area (Å²) in [5.41, 5.74) is -0.269. The van der Waals surface area contributed by atoms with Crippen LogP contribution in [0.1, 0.15) is 15.9 Å². The molecule has 0 saturated carbocycles. The third kappa shape index (κ3) is 2.37. The Hall–Kier alpha value is -0.900. The largest absolute Gasteiger partial charge is 0.298 e. The number of aldehydes is 1. The van der Waals surface area contributed by atoms with E-state index in [1.54, 1.807) is 6.07 Å². The maximum atomic E-state index is 11.2. The van der Waals surface area contributed by atoms with Gasteiger partial charge in [-0.25, -0.2) is 8.42 Å². The number of carbonyl (C=O) groups is 1. The molecule has 0 heterocycles. The Balaban J connectivity index is 3.79. The molecule has 0 unspecified atom stereocenters. The molecule has 0 atom stereocenters. The Morgan fingerprint density at radius 1 is 1.47 bits per heavy atom. The van der Waals surface area contributed by atoms with E-state index >= 15 is 0 Å². The molecule has 7 heteroatoms. The lowest BCUT2D eigenvalue weighted by Gasteiger charge is -2.04. The van der Waals surface area contributed by atoms with Crippen molar-refractivity contribution in [1.82, 2.24) is 0 Å². The molecule has 0 spiro atoms. The number of hydrogen-bond acceptors (Lipinski definition) is 4. The Morgan fingerprint density at radius 3 is 2.47 bits per heavy atom. The van der Waals surface area contributed by atoms with Gasteiger partial charge in [-0.2, -0.15) is 5.26 Å². The van der Waals surface area contributed by atoms with Gasteiger partial charge in [0.25, 0.3) is 9.05 Å². The van der Waals surface area contributed by atoms with Crippen molar-refractivity contribution >= 4 is 41.9 Å². The molecule has 0 aromatic heterocycles. The molecule has 1 rings (SSSR count). The van der Waals surface area contributed by atoms with Crippen molar-refractivity contribution in [2.45, 2.75) is 4.90 Å². The summed E-state index contributed by atoms with van der Waals surface area (Å²) >= 11 is 2.96. The van der Waals surface area contributed by atoms with Crippen LogP contribution in [0.25, 0.3) is 0 Å². The summed E-state index contributed by atoms with van der Waals surface area (Å²) in [6.45, 7) is 0. The van der Waals surface area contributed by atoms with Gasteiger partial charge in [-0.1, -0.05) is 0 Å². The van der Waals surface area contributed by atoms with Gasteiger partial charge in [-0.05, 0) is 28.1 Å². The van der Waals surface area contributed by atoms with Crippen LogP contribution in [0.3, 0.4) is 0 Å². The van der Waals surface area contributed by atoms with E-state index in [2.05, 4.69) is 15.9 Å². The summed E-state index contributed by atoms with van der Waals surface area (Å²) < 4.78 is 22.5. The molecule has 0 saturated heterocycles. The van der Waals surface area contributed by atoms with Gasteiger partial charge in [0.05, 0.1) is 5.56 Å². The van der Waals surface area contributed by atoms with Crippen molar-refractivity contribution in [2.75, 3.05) is 0 Å². The van der Waals surface area contributed by atoms with Crippen LogP contribution in [0.4, 0.5) is 0 Å². The third-order valence-corrected chi connectivity index (χ3v) is 3.92. The molecule has 0 fully saturated rings. The van der Waals surface area contributed by atoms with Gasteiger partial charge in [-0.15, -0.1) is 0 Å². The zero-order valence-corrected chi connectivity index (χ0v) is 10.2.